The summed E-state index contributed by atoms with van der Waals surface area (Å²) in [7, 11) is 0. The van der Waals surface area contributed by atoms with Crippen molar-refractivity contribution >= 4 is 34.5 Å². The number of nitrogens with zero attached hydrogens (tertiary/aromatic N) is 1. The third kappa shape index (κ3) is 3.45. The zero-order chi connectivity index (χ0) is 13.0. The lowest BCUT2D eigenvalue weighted by atomic mass is 10.0. The van der Waals surface area contributed by atoms with Gasteiger partial charge >= 0.3 is 0 Å². The van der Waals surface area contributed by atoms with E-state index < -0.39 is 0 Å². The zero-order valence-corrected chi connectivity index (χ0v) is 12.3. The molecule has 0 amide bonds. The van der Waals surface area contributed by atoms with Gasteiger partial charge in [-0.3, -0.25) is 4.98 Å². The smallest absolute Gasteiger partial charge is 0.0992 e. The van der Waals surface area contributed by atoms with Gasteiger partial charge in [-0.1, -0.05) is 36.2 Å². The highest BCUT2D eigenvalue weighted by Crippen LogP contribution is 2.36. The molecule has 0 fully saturated rings. The molecule has 2 aromatic rings. The second kappa shape index (κ2) is 6.53. The molecule has 0 aromatic carbocycles. The average Bonchev–Trinajstić information content (AvgIpc) is 2.69. The fourth-order valence-corrected chi connectivity index (χ4v) is 3.46. The highest BCUT2D eigenvalue weighted by Gasteiger charge is 2.17. The number of hydrogen-bond donors (Lipinski definition) is 1. The summed E-state index contributed by atoms with van der Waals surface area (Å²) in [6, 6.07) is 6.13. The van der Waals surface area contributed by atoms with Crippen molar-refractivity contribution in [3.63, 3.8) is 0 Å². The Bertz CT molecular complexity index is 499. The second-order valence-electron chi connectivity index (χ2n) is 3.96. The molecule has 0 aliphatic carbocycles. The summed E-state index contributed by atoms with van der Waals surface area (Å²) in [5.74, 6) is 0. The fraction of sp³-hybridized carbons (Fsp3) is 0.308. The third-order valence-electron chi connectivity index (χ3n) is 2.67. The molecule has 96 valence electrons. The first kappa shape index (κ1) is 13.8. The number of likely N-dealkylation sites (N-methyl/N-ethyl adjacent to an activating group) is 1. The molecule has 1 atom stereocenters. The first-order chi connectivity index (χ1) is 8.70. The molecule has 0 aliphatic heterocycles. The minimum atomic E-state index is 0.176. The van der Waals surface area contributed by atoms with Crippen molar-refractivity contribution in [1.82, 2.24) is 10.3 Å². The molecule has 5 heteroatoms. The number of thiophene rings is 1. The van der Waals surface area contributed by atoms with Crippen LogP contribution >= 0.6 is 34.5 Å². The topological polar surface area (TPSA) is 24.9 Å². The Morgan fingerprint density at radius 3 is 2.83 bits per heavy atom. The van der Waals surface area contributed by atoms with Crippen molar-refractivity contribution < 1.29 is 0 Å². The largest absolute Gasteiger partial charge is 0.310 e. The highest BCUT2D eigenvalue weighted by molar-refractivity contribution is 7.20. The maximum absolute atomic E-state index is 6.22. The van der Waals surface area contributed by atoms with Gasteiger partial charge in [0.1, 0.15) is 0 Å². The molecular formula is C13H14Cl2N2S. The summed E-state index contributed by atoms with van der Waals surface area (Å²) >= 11 is 13.6. The van der Waals surface area contributed by atoms with Gasteiger partial charge in [0, 0.05) is 24.0 Å². The maximum atomic E-state index is 6.22. The van der Waals surface area contributed by atoms with Gasteiger partial charge in [0.25, 0.3) is 0 Å². The van der Waals surface area contributed by atoms with Gasteiger partial charge in [0.15, 0.2) is 0 Å². The first-order valence-corrected chi connectivity index (χ1v) is 7.35. The number of hydrogen-bond acceptors (Lipinski definition) is 3. The zero-order valence-electron chi connectivity index (χ0n) is 9.99. The average molecular weight is 301 g/mol. The van der Waals surface area contributed by atoms with Gasteiger partial charge in [0.05, 0.1) is 8.67 Å². The van der Waals surface area contributed by atoms with E-state index in [1.807, 2.05) is 18.3 Å². The number of nitrogens with one attached hydrogen (secondary N) is 1. The Kier molecular flexibility index (Phi) is 5.01. The third-order valence-corrected chi connectivity index (χ3v) is 4.19. The van der Waals surface area contributed by atoms with E-state index in [1.165, 1.54) is 16.9 Å². The summed E-state index contributed by atoms with van der Waals surface area (Å²) in [4.78, 5) is 4.13. The molecule has 0 saturated carbocycles. The molecule has 2 rings (SSSR count). The van der Waals surface area contributed by atoms with E-state index in [-0.39, 0.29) is 6.04 Å². The van der Waals surface area contributed by atoms with Crippen molar-refractivity contribution in [2.75, 3.05) is 6.54 Å². The van der Waals surface area contributed by atoms with Gasteiger partial charge < -0.3 is 5.32 Å². The maximum Gasteiger partial charge on any atom is 0.0992 e. The normalized spacial score (nSPS) is 12.6. The Labute approximate surface area is 121 Å². The predicted molar refractivity (Wildman–Crippen MR) is 78.7 cm³/mol. The molecule has 1 unspecified atom stereocenters. The van der Waals surface area contributed by atoms with Crippen LogP contribution < -0.4 is 5.32 Å². The van der Waals surface area contributed by atoms with Crippen LogP contribution in [0.4, 0.5) is 0 Å². The van der Waals surface area contributed by atoms with Crippen LogP contribution in [0.3, 0.4) is 0 Å². The highest BCUT2D eigenvalue weighted by atomic mass is 35.5. The quantitative estimate of drug-likeness (QED) is 0.888. The summed E-state index contributed by atoms with van der Waals surface area (Å²) < 4.78 is 1.49. The van der Waals surface area contributed by atoms with Gasteiger partial charge in [-0.25, -0.2) is 0 Å². The van der Waals surface area contributed by atoms with E-state index in [9.17, 15) is 0 Å². The van der Waals surface area contributed by atoms with E-state index in [0.29, 0.717) is 0 Å². The van der Waals surface area contributed by atoms with Crippen LogP contribution in [0.2, 0.25) is 8.67 Å². The van der Waals surface area contributed by atoms with E-state index in [4.69, 9.17) is 23.2 Å². The van der Waals surface area contributed by atoms with Crippen LogP contribution in [0.1, 0.15) is 24.1 Å². The van der Waals surface area contributed by atoms with Crippen molar-refractivity contribution in [2.24, 2.45) is 0 Å². The van der Waals surface area contributed by atoms with Crippen LogP contribution in [0, 0.1) is 0 Å². The molecule has 0 radical (unpaired) electrons. The first-order valence-electron chi connectivity index (χ1n) is 5.77. The van der Waals surface area contributed by atoms with Crippen LogP contribution in [0.15, 0.2) is 30.6 Å². The Balaban J connectivity index is 2.21. The monoisotopic (exact) mass is 300 g/mol. The second-order valence-corrected chi connectivity index (χ2v) is 6.24. The number of halogens is 2. The van der Waals surface area contributed by atoms with Crippen LogP contribution in [0.25, 0.3) is 0 Å². The van der Waals surface area contributed by atoms with Crippen LogP contribution in [-0.2, 0) is 6.42 Å². The SMILES string of the molecule is CCNC(Cc1cccnc1)c1cc(Cl)sc1Cl. The molecule has 0 aliphatic rings. The van der Waals surface area contributed by atoms with Gasteiger partial charge in [-0.05, 0) is 30.7 Å². The minimum Gasteiger partial charge on any atom is -0.310 e. The van der Waals surface area contributed by atoms with Gasteiger partial charge in [-0.2, -0.15) is 0 Å². The van der Waals surface area contributed by atoms with E-state index >= 15 is 0 Å². The standard InChI is InChI=1S/C13H14Cl2N2S/c1-2-17-11(6-9-4-3-5-16-8-9)10-7-12(14)18-13(10)15/h3-5,7-8,11,17H,2,6H2,1H3. The van der Waals surface area contributed by atoms with Gasteiger partial charge in [0.2, 0.25) is 0 Å². The summed E-state index contributed by atoms with van der Waals surface area (Å²) in [6.45, 7) is 2.97. The van der Waals surface area contributed by atoms with E-state index in [1.54, 1.807) is 6.20 Å². The van der Waals surface area contributed by atoms with Gasteiger partial charge in [-0.15, -0.1) is 11.3 Å². The van der Waals surface area contributed by atoms with Crippen molar-refractivity contribution in [1.29, 1.82) is 0 Å². The minimum absolute atomic E-state index is 0.176. The molecular weight excluding hydrogens is 287 g/mol. The molecule has 18 heavy (non-hydrogen) atoms. The Hall–Kier alpha value is -0.610. The predicted octanol–water partition coefficient (Wildman–Crippen LogP) is 4.34. The molecule has 1 N–H and O–H groups in total. The molecule has 2 heterocycles. The molecule has 2 aromatic heterocycles. The van der Waals surface area contributed by atoms with Crippen molar-refractivity contribution in [2.45, 2.75) is 19.4 Å². The lowest BCUT2D eigenvalue weighted by Gasteiger charge is -2.17. The fourth-order valence-electron chi connectivity index (χ4n) is 1.88. The van der Waals surface area contributed by atoms with E-state index in [2.05, 4.69) is 23.3 Å². The summed E-state index contributed by atoms with van der Waals surface area (Å²) in [6.07, 6.45) is 4.51. The molecule has 0 spiro atoms. The van der Waals surface area contributed by atoms with Crippen LogP contribution in [0.5, 0.6) is 0 Å². The van der Waals surface area contributed by atoms with Crippen LogP contribution in [-0.4, -0.2) is 11.5 Å². The number of aromatic nitrogens is 1. The molecule has 0 bridgehead atoms. The number of rotatable bonds is 5. The lowest BCUT2D eigenvalue weighted by molar-refractivity contribution is 0.551. The van der Waals surface area contributed by atoms with Crippen molar-refractivity contribution in [3.8, 4) is 0 Å². The summed E-state index contributed by atoms with van der Waals surface area (Å²) in [5.41, 5.74) is 2.25. The molecule has 0 saturated heterocycles. The van der Waals surface area contributed by atoms with Crippen molar-refractivity contribution in [3.05, 3.63) is 50.4 Å². The molecule has 2 nitrogen and oxygen atoms in total. The lowest BCUT2D eigenvalue weighted by Crippen LogP contribution is -2.22. The Morgan fingerprint density at radius 2 is 2.28 bits per heavy atom. The summed E-state index contributed by atoms with van der Waals surface area (Å²) in [5, 5.41) is 3.44. The number of pyridine rings is 1. The van der Waals surface area contributed by atoms with E-state index in [0.717, 1.165) is 27.2 Å². The Morgan fingerprint density at radius 1 is 1.44 bits per heavy atom.